The quantitative estimate of drug-likeness (QED) is 0.846. The first kappa shape index (κ1) is 15.0. The zero-order chi connectivity index (χ0) is 14.7. The third-order valence-corrected chi connectivity index (χ3v) is 3.76. The second-order valence-electron chi connectivity index (χ2n) is 5.04. The Morgan fingerprint density at radius 2 is 2.15 bits per heavy atom. The van der Waals surface area contributed by atoms with Crippen LogP contribution in [0.3, 0.4) is 0 Å². The molecule has 0 aliphatic carbocycles. The number of unbranched alkanes of at least 4 members (excludes halogenated alkanes) is 2. The molecule has 2 heterocycles. The van der Waals surface area contributed by atoms with Gasteiger partial charge in [-0.05, 0) is 47.8 Å². The number of halogens is 1. The van der Waals surface area contributed by atoms with Gasteiger partial charge in [-0.3, -0.25) is 9.20 Å². The van der Waals surface area contributed by atoms with Crippen LogP contribution >= 0.6 is 15.9 Å². The molecule has 0 radical (unpaired) electrons. The van der Waals surface area contributed by atoms with Gasteiger partial charge >= 0.3 is 0 Å². The van der Waals surface area contributed by atoms with Crippen LogP contribution in [0.25, 0.3) is 5.65 Å². The normalized spacial score (nSPS) is 11.0. The lowest BCUT2D eigenvalue weighted by Gasteiger charge is -2.06. The Morgan fingerprint density at radius 3 is 2.85 bits per heavy atom. The standard InChI is InChI=1S/C15H20BrN3O/c1-4-5-6-7-17-15(20)13-11(3)18-14-10(2)8-12(16)9-19(13)14/h8-9H,4-7H2,1-3H3,(H,17,20). The third-order valence-electron chi connectivity index (χ3n) is 3.33. The van der Waals surface area contributed by atoms with Crippen molar-refractivity contribution in [2.75, 3.05) is 6.54 Å². The lowest BCUT2D eigenvalue weighted by atomic mass is 10.2. The van der Waals surface area contributed by atoms with Crippen molar-refractivity contribution < 1.29 is 4.79 Å². The van der Waals surface area contributed by atoms with Gasteiger partial charge in [-0.2, -0.15) is 0 Å². The van der Waals surface area contributed by atoms with E-state index in [0.29, 0.717) is 12.2 Å². The highest BCUT2D eigenvalue weighted by Gasteiger charge is 2.17. The van der Waals surface area contributed by atoms with Crippen molar-refractivity contribution in [3.8, 4) is 0 Å². The highest BCUT2D eigenvalue weighted by atomic mass is 79.9. The van der Waals surface area contributed by atoms with E-state index in [-0.39, 0.29) is 5.91 Å². The highest BCUT2D eigenvalue weighted by Crippen LogP contribution is 2.20. The summed E-state index contributed by atoms with van der Waals surface area (Å²) in [4.78, 5) is 16.8. The van der Waals surface area contributed by atoms with Crippen molar-refractivity contribution in [2.45, 2.75) is 40.0 Å². The Kier molecular flexibility index (Phi) is 4.81. The van der Waals surface area contributed by atoms with Crippen LogP contribution in [0.2, 0.25) is 0 Å². The number of nitrogens with zero attached hydrogens (tertiary/aromatic N) is 2. The first-order valence-corrected chi connectivity index (χ1v) is 7.77. The van der Waals surface area contributed by atoms with E-state index in [1.807, 2.05) is 30.5 Å². The molecule has 20 heavy (non-hydrogen) atoms. The fourth-order valence-corrected chi connectivity index (χ4v) is 2.86. The Balaban J connectivity index is 2.29. The number of hydrogen-bond donors (Lipinski definition) is 1. The molecule has 0 saturated heterocycles. The summed E-state index contributed by atoms with van der Waals surface area (Å²) in [7, 11) is 0. The summed E-state index contributed by atoms with van der Waals surface area (Å²) in [6, 6.07) is 2.00. The van der Waals surface area contributed by atoms with Gasteiger partial charge in [-0.1, -0.05) is 19.8 Å². The summed E-state index contributed by atoms with van der Waals surface area (Å²) in [6.07, 6.45) is 5.19. The van der Waals surface area contributed by atoms with Gasteiger partial charge in [0.05, 0.1) is 5.69 Å². The fraction of sp³-hybridized carbons (Fsp3) is 0.467. The van der Waals surface area contributed by atoms with Crippen molar-refractivity contribution in [2.24, 2.45) is 0 Å². The van der Waals surface area contributed by atoms with Crippen molar-refractivity contribution in [1.82, 2.24) is 14.7 Å². The van der Waals surface area contributed by atoms with Crippen molar-refractivity contribution >= 4 is 27.5 Å². The fourth-order valence-electron chi connectivity index (χ4n) is 2.32. The summed E-state index contributed by atoms with van der Waals surface area (Å²) in [5, 5.41) is 2.98. The summed E-state index contributed by atoms with van der Waals surface area (Å²) in [5.74, 6) is -0.0522. The number of hydrogen-bond acceptors (Lipinski definition) is 2. The number of aromatic nitrogens is 2. The number of rotatable bonds is 5. The van der Waals surface area contributed by atoms with Crippen molar-refractivity contribution in [1.29, 1.82) is 0 Å². The molecule has 0 aliphatic rings. The van der Waals surface area contributed by atoms with Crippen LogP contribution in [-0.2, 0) is 0 Å². The Labute approximate surface area is 127 Å². The average Bonchev–Trinajstić information content (AvgIpc) is 2.71. The highest BCUT2D eigenvalue weighted by molar-refractivity contribution is 9.10. The summed E-state index contributed by atoms with van der Waals surface area (Å²) >= 11 is 3.47. The molecule has 2 aromatic rings. The number of pyridine rings is 1. The summed E-state index contributed by atoms with van der Waals surface area (Å²) in [5.41, 5.74) is 3.28. The maximum atomic E-state index is 12.3. The van der Waals surface area contributed by atoms with E-state index in [2.05, 4.69) is 33.2 Å². The minimum absolute atomic E-state index is 0.0522. The van der Waals surface area contributed by atoms with E-state index in [9.17, 15) is 4.79 Å². The first-order chi connectivity index (χ1) is 9.54. The second kappa shape index (κ2) is 6.39. The van der Waals surface area contributed by atoms with Gasteiger partial charge in [0.2, 0.25) is 0 Å². The number of aryl methyl sites for hydroxylation is 2. The maximum Gasteiger partial charge on any atom is 0.270 e. The van der Waals surface area contributed by atoms with Gasteiger partial charge in [-0.25, -0.2) is 4.98 Å². The molecule has 0 spiro atoms. The first-order valence-electron chi connectivity index (χ1n) is 6.97. The lowest BCUT2D eigenvalue weighted by Crippen LogP contribution is -2.26. The lowest BCUT2D eigenvalue weighted by molar-refractivity contribution is 0.0946. The Morgan fingerprint density at radius 1 is 1.40 bits per heavy atom. The molecule has 108 valence electrons. The largest absolute Gasteiger partial charge is 0.351 e. The number of amides is 1. The van der Waals surface area contributed by atoms with E-state index in [1.54, 1.807) is 0 Å². The molecular formula is C15H20BrN3O. The van der Waals surface area contributed by atoms with Crippen LogP contribution in [-0.4, -0.2) is 21.8 Å². The van der Waals surface area contributed by atoms with Gasteiger partial charge in [0.25, 0.3) is 5.91 Å². The van der Waals surface area contributed by atoms with Crippen molar-refractivity contribution in [3.05, 3.63) is 33.7 Å². The van der Waals surface area contributed by atoms with E-state index >= 15 is 0 Å². The molecular weight excluding hydrogens is 318 g/mol. The smallest absolute Gasteiger partial charge is 0.270 e. The van der Waals surface area contributed by atoms with Gasteiger partial charge in [0.1, 0.15) is 11.3 Å². The van der Waals surface area contributed by atoms with Gasteiger partial charge in [0.15, 0.2) is 0 Å². The van der Waals surface area contributed by atoms with Crippen LogP contribution in [0.1, 0.15) is 47.9 Å². The molecule has 0 saturated carbocycles. The van der Waals surface area contributed by atoms with Crippen LogP contribution in [0, 0.1) is 13.8 Å². The maximum absolute atomic E-state index is 12.3. The minimum atomic E-state index is -0.0522. The van der Waals surface area contributed by atoms with E-state index in [0.717, 1.165) is 40.6 Å². The molecule has 5 heteroatoms. The van der Waals surface area contributed by atoms with Crippen LogP contribution < -0.4 is 5.32 Å². The Bertz CT molecular complexity index is 634. The van der Waals surface area contributed by atoms with Gasteiger partial charge in [-0.15, -0.1) is 0 Å². The van der Waals surface area contributed by atoms with E-state index in [4.69, 9.17) is 0 Å². The monoisotopic (exact) mass is 337 g/mol. The van der Waals surface area contributed by atoms with Crippen molar-refractivity contribution in [3.63, 3.8) is 0 Å². The molecule has 2 aromatic heterocycles. The predicted molar refractivity (Wildman–Crippen MR) is 84.2 cm³/mol. The number of nitrogens with one attached hydrogen (secondary N) is 1. The number of carbonyl (C=O) groups is 1. The SMILES string of the molecule is CCCCCNC(=O)c1c(C)nc2c(C)cc(Br)cn12. The van der Waals surface area contributed by atoms with Crippen LogP contribution in [0.4, 0.5) is 0 Å². The van der Waals surface area contributed by atoms with E-state index < -0.39 is 0 Å². The van der Waals surface area contributed by atoms with E-state index in [1.165, 1.54) is 0 Å². The molecule has 0 bridgehead atoms. The average molecular weight is 338 g/mol. The van der Waals surface area contributed by atoms with Crippen LogP contribution in [0.15, 0.2) is 16.7 Å². The number of fused-ring (bicyclic) bond motifs is 1. The molecule has 4 nitrogen and oxygen atoms in total. The predicted octanol–water partition coefficient (Wildman–Crippen LogP) is 3.63. The zero-order valence-corrected chi connectivity index (χ0v) is 13.7. The van der Waals surface area contributed by atoms with Gasteiger partial charge < -0.3 is 5.32 Å². The topological polar surface area (TPSA) is 46.4 Å². The molecule has 1 amide bonds. The molecule has 1 N–H and O–H groups in total. The molecule has 0 fully saturated rings. The Hall–Kier alpha value is -1.36. The zero-order valence-electron chi connectivity index (χ0n) is 12.2. The second-order valence-corrected chi connectivity index (χ2v) is 5.96. The number of carbonyl (C=O) groups excluding carboxylic acids is 1. The minimum Gasteiger partial charge on any atom is -0.351 e. The number of imidazole rings is 1. The summed E-state index contributed by atoms with van der Waals surface area (Å²) < 4.78 is 2.81. The van der Waals surface area contributed by atoms with Gasteiger partial charge in [0, 0.05) is 17.2 Å². The third kappa shape index (κ3) is 3.03. The molecule has 0 aromatic carbocycles. The molecule has 2 rings (SSSR count). The molecule has 0 atom stereocenters. The summed E-state index contributed by atoms with van der Waals surface area (Å²) in [6.45, 7) is 6.74. The molecule has 0 unspecified atom stereocenters. The van der Waals surface area contributed by atoms with Crippen LogP contribution in [0.5, 0.6) is 0 Å². The molecule has 0 aliphatic heterocycles.